The normalized spacial score (nSPS) is 23.3. The van der Waals surface area contributed by atoms with E-state index >= 15 is 0 Å². The molecule has 2 rings (SSSR count). The van der Waals surface area contributed by atoms with Crippen LogP contribution in [-0.2, 0) is 16.1 Å². The summed E-state index contributed by atoms with van der Waals surface area (Å²) < 4.78 is 5.80. The lowest BCUT2D eigenvalue weighted by Crippen LogP contribution is -2.25. The van der Waals surface area contributed by atoms with Crippen LogP contribution in [-0.4, -0.2) is 17.2 Å². The maximum atomic E-state index is 10.8. The van der Waals surface area contributed by atoms with Gasteiger partial charge in [0.2, 0.25) is 0 Å². The monoisotopic (exact) mass is 302 g/mol. The van der Waals surface area contributed by atoms with Crippen LogP contribution in [0.1, 0.15) is 31.2 Å². The third-order valence-corrected chi connectivity index (χ3v) is 4.39. The molecule has 0 atom stereocenters. The quantitative estimate of drug-likeness (QED) is 0.908. The van der Waals surface area contributed by atoms with E-state index in [1.807, 2.05) is 12.1 Å². The minimum atomic E-state index is -0.698. The van der Waals surface area contributed by atoms with Crippen molar-refractivity contribution in [3.8, 4) is 0 Å². The summed E-state index contributed by atoms with van der Waals surface area (Å²) in [5.74, 6) is -0.911. The first-order valence-corrected chi connectivity index (χ1v) is 7.11. The number of halogens is 2. The fourth-order valence-corrected chi connectivity index (χ4v) is 2.72. The van der Waals surface area contributed by atoms with Crippen molar-refractivity contribution < 1.29 is 14.6 Å². The van der Waals surface area contributed by atoms with Gasteiger partial charge in [0.05, 0.1) is 28.7 Å². The third-order valence-electron chi connectivity index (χ3n) is 3.53. The van der Waals surface area contributed by atoms with Crippen molar-refractivity contribution in [1.82, 2.24) is 0 Å². The fraction of sp³-hybridized carbons (Fsp3) is 0.500. The smallest absolute Gasteiger partial charge is 0.306 e. The molecule has 0 aromatic heterocycles. The first kappa shape index (κ1) is 14.6. The van der Waals surface area contributed by atoms with Crippen molar-refractivity contribution in [2.75, 3.05) is 0 Å². The molecule has 0 saturated heterocycles. The second-order valence-corrected chi connectivity index (χ2v) is 5.62. The summed E-state index contributed by atoms with van der Waals surface area (Å²) in [5, 5.41) is 9.98. The summed E-state index contributed by atoms with van der Waals surface area (Å²) in [6.07, 6.45) is 3.06. The van der Waals surface area contributed by atoms with Crippen molar-refractivity contribution >= 4 is 29.2 Å². The maximum absolute atomic E-state index is 10.8. The van der Waals surface area contributed by atoms with Gasteiger partial charge in [0.1, 0.15) is 0 Å². The van der Waals surface area contributed by atoms with E-state index in [1.165, 1.54) is 0 Å². The molecule has 19 heavy (non-hydrogen) atoms. The predicted octanol–water partition coefficient (Wildman–Crippen LogP) is 4.15. The molecular weight excluding hydrogens is 287 g/mol. The van der Waals surface area contributed by atoms with E-state index in [-0.39, 0.29) is 12.0 Å². The Bertz CT molecular complexity index is 454. The molecule has 0 amide bonds. The van der Waals surface area contributed by atoms with E-state index in [1.54, 1.807) is 6.07 Å². The van der Waals surface area contributed by atoms with Crippen LogP contribution in [0.3, 0.4) is 0 Å². The summed E-state index contributed by atoms with van der Waals surface area (Å²) in [6.45, 7) is 0.418. The molecule has 0 radical (unpaired) electrons. The van der Waals surface area contributed by atoms with Gasteiger partial charge in [0, 0.05) is 0 Å². The standard InChI is InChI=1S/C14H16Cl2O3/c15-12-3-1-2-10(13(12)16)8-19-11-6-4-9(5-7-11)14(17)18/h1-3,9,11H,4-8H2,(H,17,18). The van der Waals surface area contributed by atoms with Crippen LogP contribution in [0, 0.1) is 5.92 Å². The van der Waals surface area contributed by atoms with Crippen LogP contribution in [0.25, 0.3) is 0 Å². The minimum Gasteiger partial charge on any atom is -0.481 e. The number of ether oxygens (including phenoxy) is 1. The van der Waals surface area contributed by atoms with E-state index in [9.17, 15) is 4.79 Å². The van der Waals surface area contributed by atoms with Gasteiger partial charge in [0.25, 0.3) is 0 Å². The van der Waals surface area contributed by atoms with Gasteiger partial charge in [0.15, 0.2) is 0 Å². The zero-order chi connectivity index (χ0) is 13.8. The molecular formula is C14H16Cl2O3. The van der Waals surface area contributed by atoms with Gasteiger partial charge >= 0.3 is 5.97 Å². The second-order valence-electron chi connectivity index (χ2n) is 4.84. The molecule has 1 saturated carbocycles. The second kappa shape index (κ2) is 6.60. The summed E-state index contributed by atoms with van der Waals surface area (Å²) in [5.41, 5.74) is 0.870. The molecule has 1 N–H and O–H groups in total. The molecule has 104 valence electrons. The first-order valence-electron chi connectivity index (χ1n) is 6.35. The zero-order valence-corrected chi connectivity index (χ0v) is 12.0. The van der Waals surface area contributed by atoms with Crippen molar-refractivity contribution in [1.29, 1.82) is 0 Å². The van der Waals surface area contributed by atoms with Crippen LogP contribution in [0.2, 0.25) is 10.0 Å². The summed E-state index contributed by atoms with van der Waals surface area (Å²) in [7, 11) is 0. The molecule has 1 aliphatic carbocycles. The van der Waals surface area contributed by atoms with Crippen LogP contribution in [0.5, 0.6) is 0 Å². The highest BCUT2D eigenvalue weighted by molar-refractivity contribution is 6.42. The SMILES string of the molecule is O=C(O)C1CCC(OCc2cccc(Cl)c2Cl)CC1. The lowest BCUT2D eigenvalue weighted by molar-refractivity contribution is -0.143. The Morgan fingerprint density at radius 2 is 1.95 bits per heavy atom. The molecule has 0 bridgehead atoms. The number of hydrogen-bond donors (Lipinski definition) is 1. The van der Waals surface area contributed by atoms with E-state index in [4.69, 9.17) is 33.0 Å². The number of benzene rings is 1. The minimum absolute atomic E-state index is 0.116. The Balaban J connectivity index is 1.84. The number of carboxylic acids is 1. The Hall–Kier alpha value is -0.770. The number of carboxylic acid groups (broad SMARTS) is 1. The Morgan fingerprint density at radius 1 is 1.26 bits per heavy atom. The largest absolute Gasteiger partial charge is 0.481 e. The molecule has 1 fully saturated rings. The summed E-state index contributed by atoms with van der Waals surface area (Å²) >= 11 is 12.0. The Labute approximate surface area is 122 Å². The molecule has 1 aromatic rings. The topological polar surface area (TPSA) is 46.5 Å². The highest BCUT2D eigenvalue weighted by atomic mass is 35.5. The Kier molecular flexibility index (Phi) is 5.08. The van der Waals surface area contributed by atoms with E-state index in [0.717, 1.165) is 18.4 Å². The fourth-order valence-electron chi connectivity index (χ4n) is 2.34. The van der Waals surface area contributed by atoms with Crippen LogP contribution < -0.4 is 0 Å². The summed E-state index contributed by atoms with van der Waals surface area (Å²) in [6, 6.07) is 5.47. The lowest BCUT2D eigenvalue weighted by Gasteiger charge is -2.26. The maximum Gasteiger partial charge on any atom is 0.306 e. The highest BCUT2D eigenvalue weighted by Gasteiger charge is 2.26. The van der Waals surface area contributed by atoms with Crippen molar-refractivity contribution in [2.45, 2.75) is 38.4 Å². The number of hydrogen-bond acceptors (Lipinski definition) is 2. The van der Waals surface area contributed by atoms with Gasteiger partial charge in [-0.1, -0.05) is 35.3 Å². The van der Waals surface area contributed by atoms with Gasteiger partial charge in [-0.15, -0.1) is 0 Å². The van der Waals surface area contributed by atoms with Crippen molar-refractivity contribution in [2.24, 2.45) is 5.92 Å². The average molecular weight is 303 g/mol. The average Bonchev–Trinajstić information content (AvgIpc) is 2.41. The number of aliphatic carboxylic acids is 1. The molecule has 3 nitrogen and oxygen atoms in total. The van der Waals surface area contributed by atoms with Crippen molar-refractivity contribution in [3.05, 3.63) is 33.8 Å². The molecule has 1 aromatic carbocycles. The molecule has 1 aliphatic rings. The van der Waals surface area contributed by atoms with Gasteiger partial charge in [-0.3, -0.25) is 4.79 Å². The van der Waals surface area contributed by atoms with Gasteiger partial charge in [-0.25, -0.2) is 0 Å². The van der Waals surface area contributed by atoms with Crippen LogP contribution >= 0.6 is 23.2 Å². The molecule has 0 aliphatic heterocycles. The molecule has 0 unspecified atom stereocenters. The van der Waals surface area contributed by atoms with Crippen LogP contribution in [0.15, 0.2) is 18.2 Å². The number of carbonyl (C=O) groups is 1. The van der Waals surface area contributed by atoms with E-state index in [0.29, 0.717) is 29.5 Å². The van der Waals surface area contributed by atoms with E-state index in [2.05, 4.69) is 0 Å². The molecule has 0 spiro atoms. The number of rotatable bonds is 4. The van der Waals surface area contributed by atoms with Gasteiger partial charge in [-0.2, -0.15) is 0 Å². The summed E-state index contributed by atoms with van der Waals surface area (Å²) in [4.78, 5) is 10.8. The molecule has 5 heteroatoms. The Morgan fingerprint density at radius 3 is 2.58 bits per heavy atom. The van der Waals surface area contributed by atoms with Crippen molar-refractivity contribution in [3.63, 3.8) is 0 Å². The predicted molar refractivity (Wildman–Crippen MR) is 74.6 cm³/mol. The van der Waals surface area contributed by atoms with Gasteiger partial charge in [-0.05, 0) is 37.3 Å². The highest BCUT2D eigenvalue weighted by Crippen LogP contribution is 2.29. The van der Waals surface area contributed by atoms with Gasteiger partial charge < -0.3 is 9.84 Å². The zero-order valence-electron chi connectivity index (χ0n) is 10.4. The lowest BCUT2D eigenvalue weighted by atomic mass is 9.87. The molecule has 0 heterocycles. The third kappa shape index (κ3) is 3.85. The van der Waals surface area contributed by atoms with E-state index < -0.39 is 5.97 Å². The first-order chi connectivity index (χ1) is 9.08. The van der Waals surface area contributed by atoms with Crippen LogP contribution in [0.4, 0.5) is 0 Å².